The lowest BCUT2D eigenvalue weighted by molar-refractivity contribution is -0.135. The van der Waals surface area contributed by atoms with Crippen molar-refractivity contribution in [3.63, 3.8) is 0 Å². The number of benzene rings is 1. The topological polar surface area (TPSA) is 75.3 Å². The molecule has 0 aliphatic carbocycles. The fraction of sp³-hybridized carbons (Fsp3) is 0.300. The zero-order valence-electron chi connectivity index (χ0n) is 8.45. The van der Waals surface area contributed by atoms with Gasteiger partial charge in [-0.25, -0.2) is 0 Å². The second kappa shape index (κ2) is 6.91. The Kier molecular flexibility index (Phi) is 6.15. The predicted octanol–water partition coefficient (Wildman–Crippen LogP) is 0.868. The summed E-state index contributed by atoms with van der Waals surface area (Å²) in [4.78, 5) is 9.54. The minimum Gasteiger partial charge on any atom is -0.480 e. The van der Waals surface area contributed by atoms with Gasteiger partial charge in [-0.2, -0.15) is 0 Å². The first-order valence-corrected chi connectivity index (χ1v) is 4.24. The summed E-state index contributed by atoms with van der Waals surface area (Å²) >= 11 is 0. The van der Waals surface area contributed by atoms with Gasteiger partial charge in [-0.15, -0.1) is 0 Å². The highest BCUT2D eigenvalue weighted by Crippen LogP contribution is 2.02. The van der Waals surface area contributed by atoms with Crippen molar-refractivity contribution in [1.29, 1.82) is 0 Å². The molecule has 0 aromatic heterocycles. The molecule has 14 heavy (non-hydrogen) atoms. The summed E-state index contributed by atoms with van der Waals surface area (Å²) in [7, 11) is 1.59. The predicted molar refractivity (Wildman–Crippen MR) is 57.2 cm³/mol. The summed E-state index contributed by atoms with van der Waals surface area (Å²) in [5.74, 6) is -0.822. The molecule has 0 heterocycles. The highest BCUT2D eigenvalue weighted by molar-refractivity contribution is 5.68. The van der Waals surface area contributed by atoms with Crippen LogP contribution in [-0.2, 0) is 4.79 Å². The zero-order valence-corrected chi connectivity index (χ0v) is 8.45. The van der Waals surface area contributed by atoms with Crippen molar-refractivity contribution in [1.82, 2.24) is 5.32 Å². The molecular weight excluding hydrogens is 180 g/mol. The van der Waals surface area contributed by atoms with Gasteiger partial charge in [0.05, 0.1) is 6.54 Å². The molecule has 0 saturated heterocycles. The van der Waals surface area contributed by atoms with Gasteiger partial charge < -0.3 is 16.2 Å². The minimum absolute atomic E-state index is 0.0417. The van der Waals surface area contributed by atoms with Crippen molar-refractivity contribution in [3.05, 3.63) is 29.8 Å². The quantitative estimate of drug-likeness (QED) is 0.613. The third-order valence-electron chi connectivity index (χ3n) is 1.41. The summed E-state index contributed by atoms with van der Waals surface area (Å²) < 4.78 is 0. The van der Waals surface area contributed by atoms with Gasteiger partial charge in [0.1, 0.15) is 0 Å². The molecule has 0 atom stereocenters. The Morgan fingerprint density at radius 3 is 2.14 bits per heavy atom. The fourth-order valence-electron chi connectivity index (χ4n) is 0.718. The first-order chi connectivity index (χ1) is 6.56. The Labute approximate surface area is 83.7 Å². The van der Waals surface area contributed by atoms with Crippen LogP contribution in [0.1, 0.15) is 5.56 Å². The summed E-state index contributed by atoms with van der Waals surface area (Å²) in [6.45, 7) is 2.08. The van der Waals surface area contributed by atoms with Crippen molar-refractivity contribution in [2.45, 2.75) is 6.92 Å². The van der Waals surface area contributed by atoms with Crippen LogP contribution in [0.4, 0.5) is 5.69 Å². The van der Waals surface area contributed by atoms with Crippen molar-refractivity contribution in [2.75, 3.05) is 19.3 Å². The third kappa shape index (κ3) is 7.12. The fourth-order valence-corrected chi connectivity index (χ4v) is 0.718. The van der Waals surface area contributed by atoms with E-state index in [1.54, 1.807) is 7.05 Å². The van der Waals surface area contributed by atoms with Crippen LogP contribution in [0.3, 0.4) is 0 Å². The van der Waals surface area contributed by atoms with Gasteiger partial charge in [0.15, 0.2) is 0 Å². The molecule has 1 aromatic carbocycles. The SMILES string of the molecule is CNCC(=O)O.Cc1ccc(N)cc1. The van der Waals surface area contributed by atoms with E-state index >= 15 is 0 Å². The van der Waals surface area contributed by atoms with Gasteiger partial charge in [0.25, 0.3) is 0 Å². The lowest BCUT2D eigenvalue weighted by Crippen LogP contribution is -2.16. The van der Waals surface area contributed by atoms with Crippen LogP contribution >= 0.6 is 0 Å². The van der Waals surface area contributed by atoms with Crippen LogP contribution in [0, 0.1) is 6.92 Å². The molecule has 0 radical (unpaired) electrons. The third-order valence-corrected chi connectivity index (χ3v) is 1.41. The maximum atomic E-state index is 9.54. The molecule has 4 heteroatoms. The number of nitrogens with one attached hydrogen (secondary N) is 1. The van der Waals surface area contributed by atoms with Gasteiger partial charge >= 0.3 is 5.97 Å². The maximum absolute atomic E-state index is 9.54. The second-order valence-electron chi connectivity index (χ2n) is 2.83. The van der Waals surface area contributed by atoms with E-state index in [1.807, 2.05) is 31.2 Å². The molecule has 0 unspecified atom stereocenters. The van der Waals surface area contributed by atoms with E-state index in [4.69, 9.17) is 10.8 Å². The van der Waals surface area contributed by atoms with Crippen LogP contribution in [0.2, 0.25) is 0 Å². The largest absolute Gasteiger partial charge is 0.480 e. The highest BCUT2D eigenvalue weighted by atomic mass is 16.4. The molecule has 1 rings (SSSR count). The van der Waals surface area contributed by atoms with E-state index in [2.05, 4.69) is 5.32 Å². The Morgan fingerprint density at radius 1 is 1.43 bits per heavy atom. The Morgan fingerprint density at radius 2 is 1.93 bits per heavy atom. The molecule has 0 amide bonds. The van der Waals surface area contributed by atoms with Crippen LogP contribution in [0.15, 0.2) is 24.3 Å². The van der Waals surface area contributed by atoms with E-state index in [9.17, 15) is 4.79 Å². The normalized spacial score (nSPS) is 8.71. The lowest BCUT2D eigenvalue weighted by Gasteiger charge is -1.90. The molecule has 0 aliphatic rings. The number of aryl methyl sites for hydroxylation is 1. The van der Waals surface area contributed by atoms with Crippen LogP contribution in [-0.4, -0.2) is 24.7 Å². The molecule has 0 spiro atoms. The van der Waals surface area contributed by atoms with Gasteiger partial charge in [-0.3, -0.25) is 4.79 Å². The monoisotopic (exact) mass is 196 g/mol. The second-order valence-corrected chi connectivity index (χ2v) is 2.83. The molecule has 0 bridgehead atoms. The number of hydrogen-bond donors (Lipinski definition) is 3. The zero-order chi connectivity index (χ0) is 11.0. The average Bonchev–Trinajstić information content (AvgIpc) is 2.11. The van der Waals surface area contributed by atoms with Crippen LogP contribution in [0.5, 0.6) is 0 Å². The van der Waals surface area contributed by atoms with Gasteiger partial charge in [-0.1, -0.05) is 17.7 Å². The maximum Gasteiger partial charge on any atom is 0.317 e. The first-order valence-electron chi connectivity index (χ1n) is 4.24. The number of nitrogen functional groups attached to an aromatic ring is 1. The summed E-state index contributed by atoms with van der Waals surface area (Å²) in [5, 5.41) is 10.3. The number of carboxylic acid groups (broad SMARTS) is 1. The van der Waals surface area contributed by atoms with Crippen molar-refractivity contribution in [3.8, 4) is 0 Å². The lowest BCUT2D eigenvalue weighted by atomic mass is 10.2. The van der Waals surface area contributed by atoms with Crippen LogP contribution in [0.25, 0.3) is 0 Å². The van der Waals surface area contributed by atoms with Gasteiger partial charge in [-0.05, 0) is 26.1 Å². The number of aliphatic carboxylic acids is 1. The molecule has 78 valence electrons. The highest BCUT2D eigenvalue weighted by Gasteiger charge is 1.86. The molecule has 0 saturated carbocycles. The number of anilines is 1. The van der Waals surface area contributed by atoms with E-state index < -0.39 is 5.97 Å². The number of carboxylic acids is 1. The number of hydrogen-bond acceptors (Lipinski definition) is 3. The smallest absolute Gasteiger partial charge is 0.317 e. The van der Waals surface area contributed by atoms with Crippen molar-refractivity contribution in [2.24, 2.45) is 0 Å². The molecule has 0 aliphatic heterocycles. The van der Waals surface area contributed by atoms with Gasteiger partial charge in [0, 0.05) is 5.69 Å². The Balaban J connectivity index is 0.000000255. The summed E-state index contributed by atoms with van der Waals surface area (Å²) in [5.41, 5.74) is 7.51. The average molecular weight is 196 g/mol. The summed E-state index contributed by atoms with van der Waals surface area (Å²) in [6.07, 6.45) is 0. The molecule has 0 fully saturated rings. The number of nitrogens with two attached hydrogens (primary N) is 1. The Hall–Kier alpha value is -1.55. The number of carbonyl (C=O) groups is 1. The van der Waals surface area contributed by atoms with Crippen LogP contribution < -0.4 is 11.1 Å². The van der Waals surface area contributed by atoms with Crippen molar-refractivity contribution < 1.29 is 9.90 Å². The van der Waals surface area contributed by atoms with Gasteiger partial charge in [0.2, 0.25) is 0 Å². The van der Waals surface area contributed by atoms with E-state index in [-0.39, 0.29) is 6.54 Å². The van der Waals surface area contributed by atoms with E-state index in [0.717, 1.165) is 5.69 Å². The molecule has 4 N–H and O–H groups in total. The molecule has 1 aromatic rings. The number of likely N-dealkylation sites (N-methyl/N-ethyl adjacent to an activating group) is 1. The van der Waals surface area contributed by atoms with Crippen molar-refractivity contribution >= 4 is 11.7 Å². The minimum atomic E-state index is -0.822. The molecular formula is C10H16N2O2. The Bertz CT molecular complexity index is 249. The van der Waals surface area contributed by atoms with E-state index in [0.29, 0.717) is 0 Å². The van der Waals surface area contributed by atoms with E-state index in [1.165, 1.54) is 5.56 Å². The number of rotatable bonds is 2. The standard InChI is InChI=1S/C7H9N.C3H7NO2/c1-6-2-4-7(8)5-3-6;1-4-2-3(5)6/h2-5H,8H2,1H3;4H,2H2,1H3,(H,5,6). The molecule has 4 nitrogen and oxygen atoms in total. The first kappa shape index (κ1) is 12.4. The summed E-state index contributed by atoms with van der Waals surface area (Å²) in [6, 6.07) is 7.79.